The highest BCUT2D eigenvalue weighted by Gasteiger charge is 2.34. The fraction of sp³-hybridized carbons (Fsp3) is 0.706. The van der Waals surface area contributed by atoms with Gasteiger partial charge in [0.25, 0.3) is 23.6 Å². The van der Waals surface area contributed by atoms with Crippen LogP contribution in [0.15, 0.2) is 0 Å². The van der Waals surface area contributed by atoms with Crippen LogP contribution >= 0.6 is 0 Å². The van der Waals surface area contributed by atoms with E-state index in [1.165, 1.54) is 7.11 Å². The number of nitrogens with zero attached hydrogens (tertiary/aromatic N) is 2. The average molecular weight is 398 g/mol. The van der Waals surface area contributed by atoms with E-state index < -0.39 is 17.9 Å². The summed E-state index contributed by atoms with van der Waals surface area (Å²) in [6, 6.07) is 0.172. The van der Waals surface area contributed by atoms with Crippen molar-refractivity contribution in [3.63, 3.8) is 0 Å². The van der Waals surface area contributed by atoms with Gasteiger partial charge in [0.05, 0.1) is 7.11 Å². The number of hydroxylamine groups is 4. The van der Waals surface area contributed by atoms with Crippen LogP contribution < -0.4 is 10.6 Å². The van der Waals surface area contributed by atoms with Gasteiger partial charge in [0.1, 0.15) is 0 Å². The number of carbonyl (C=O) groups excluding carboxylic acids is 5. The van der Waals surface area contributed by atoms with Crippen LogP contribution in [0, 0.1) is 0 Å². The van der Waals surface area contributed by atoms with Crippen LogP contribution in [-0.2, 0) is 28.9 Å². The molecule has 0 bridgehead atoms. The summed E-state index contributed by atoms with van der Waals surface area (Å²) in [5.74, 6) is -1.42. The second-order valence-corrected chi connectivity index (χ2v) is 6.66. The number of hydrogen-bond donors (Lipinski definition) is 2. The summed E-state index contributed by atoms with van der Waals surface area (Å²) >= 11 is 0. The SMILES string of the molecule is CNC1CCCCC1NC(=O)ON1C(=O)CCC1=O.CON1C(=O)CCC1=O. The zero-order chi connectivity index (χ0) is 20.7. The number of carbonyl (C=O) groups is 5. The van der Waals surface area contributed by atoms with Crippen molar-refractivity contribution in [3.05, 3.63) is 0 Å². The molecule has 156 valence electrons. The third-order valence-corrected chi connectivity index (χ3v) is 4.81. The van der Waals surface area contributed by atoms with Crippen molar-refractivity contribution in [2.45, 2.75) is 63.5 Å². The van der Waals surface area contributed by atoms with Crippen LogP contribution in [0.25, 0.3) is 0 Å². The molecule has 1 saturated carbocycles. The number of likely N-dealkylation sites (N-methyl/N-ethyl adjacent to an activating group) is 1. The van der Waals surface area contributed by atoms with Crippen molar-refractivity contribution < 1.29 is 33.6 Å². The molecule has 0 radical (unpaired) electrons. The monoisotopic (exact) mass is 398 g/mol. The molecule has 11 nitrogen and oxygen atoms in total. The van der Waals surface area contributed by atoms with Gasteiger partial charge in [0.2, 0.25) is 0 Å². The zero-order valence-electron chi connectivity index (χ0n) is 16.1. The highest BCUT2D eigenvalue weighted by Crippen LogP contribution is 2.19. The minimum absolute atomic E-state index is 0.0287. The molecule has 0 spiro atoms. The minimum Gasteiger partial charge on any atom is -0.315 e. The number of hydrogen-bond acceptors (Lipinski definition) is 8. The van der Waals surface area contributed by atoms with E-state index in [0.29, 0.717) is 5.06 Å². The molecule has 0 aromatic heterocycles. The Balaban J connectivity index is 0.000000261. The van der Waals surface area contributed by atoms with E-state index in [1.807, 2.05) is 7.05 Å². The molecule has 2 unspecified atom stereocenters. The first-order valence-electron chi connectivity index (χ1n) is 9.28. The van der Waals surface area contributed by atoms with Crippen molar-refractivity contribution in [2.75, 3.05) is 14.2 Å². The standard InChI is InChI=1S/C12H19N3O4.C5H7NO3/c1-13-8-4-2-3-5-9(8)14-12(18)19-15-10(16)6-7-11(15)17;1-9-6-4(7)2-3-5(6)8/h8-9,13H,2-7H2,1H3,(H,14,18);2-3H2,1H3. The van der Waals surface area contributed by atoms with Crippen LogP contribution in [0.3, 0.4) is 0 Å². The van der Waals surface area contributed by atoms with Crippen molar-refractivity contribution in [1.82, 2.24) is 20.8 Å². The number of amides is 5. The Labute approximate surface area is 162 Å². The second kappa shape index (κ2) is 10.1. The van der Waals surface area contributed by atoms with Gasteiger partial charge in [-0.25, -0.2) is 4.79 Å². The smallest absolute Gasteiger partial charge is 0.315 e. The van der Waals surface area contributed by atoms with Gasteiger partial charge in [-0.15, -0.1) is 5.06 Å². The predicted molar refractivity (Wildman–Crippen MR) is 93.9 cm³/mol. The molecule has 2 N–H and O–H groups in total. The van der Waals surface area contributed by atoms with Crippen molar-refractivity contribution in [1.29, 1.82) is 0 Å². The number of imide groups is 2. The van der Waals surface area contributed by atoms with Crippen molar-refractivity contribution >= 4 is 29.7 Å². The Morgan fingerprint density at radius 3 is 1.75 bits per heavy atom. The molecule has 1 aliphatic carbocycles. The molecule has 3 fully saturated rings. The lowest BCUT2D eigenvalue weighted by atomic mass is 9.90. The molecule has 11 heteroatoms. The summed E-state index contributed by atoms with van der Waals surface area (Å²) in [7, 11) is 3.16. The van der Waals surface area contributed by atoms with Crippen LogP contribution in [0.2, 0.25) is 0 Å². The lowest BCUT2D eigenvalue weighted by Gasteiger charge is -2.31. The lowest BCUT2D eigenvalue weighted by Crippen LogP contribution is -2.51. The van der Waals surface area contributed by atoms with E-state index in [1.54, 1.807) is 0 Å². The molecule has 2 saturated heterocycles. The molecule has 5 amide bonds. The fourth-order valence-electron chi connectivity index (χ4n) is 3.33. The van der Waals surface area contributed by atoms with Crippen LogP contribution in [0.4, 0.5) is 4.79 Å². The maximum absolute atomic E-state index is 11.7. The van der Waals surface area contributed by atoms with Crippen molar-refractivity contribution in [3.8, 4) is 0 Å². The third-order valence-electron chi connectivity index (χ3n) is 4.81. The maximum atomic E-state index is 11.7. The third kappa shape index (κ3) is 5.49. The second-order valence-electron chi connectivity index (χ2n) is 6.66. The first-order chi connectivity index (χ1) is 13.4. The molecule has 0 aromatic rings. The van der Waals surface area contributed by atoms with Gasteiger partial charge in [-0.2, -0.15) is 5.06 Å². The Morgan fingerprint density at radius 2 is 1.32 bits per heavy atom. The molecule has 0 aromatic carbocycles. The fourth-order valence-corrected chi connectivity index (χ4v) is 3.33. The highest BCUT2D eigenvalue weighted by atomic mass is 16.7. The lowest BCUT2D eigenvalue weighted by molar-refractivity contribution is -0.179. The highest BCUT2D eigenvalue weighted by molar-refractivity contribution is 6.01. The minimum atomic E-state index is -0.740. The number of rotatable bonds is 4. The summed E-state index contributed by atoms with van der Waals surface area (Å²) in [5, 5.41) is 7.22. The molecular formula is C17H26N4O7. The summed E-state index contributed by atoms with van der Waals surface area (Å²) in [6.45, 7) is 0. The first kappa shape index (κ1) is 21.8. The Hall–Kier alpha value is -2.53. The van der Waals surface area contributed by atoms with Crippen molar-refractivity contribution in [2.24, 2.45) is 0 Å². The number of nitrogens with one attached hydrogen (secondary N) is 2. The zero-order valence-corrected chi connectivity index (χ0v) is 16.1. The largest absolute Gasteiger partial charge is 0.432 e. The van der Waals surface area contributed by atoms with E-state index in [0.717, 1.165) is 30.7 Å². The van der Waals surface area contributed by atoms with Gasteiger partial charge < -0.3 is 15.5 Å². The average Bonchev–Trinajstić information content (AvgIpc) is 3.17. The Bertz CT molecular complexity index is 607. The maximum Gasteiger partial charge on any atom is 0.432 e. The van der Waals surface area contributed by atoms with E-state index in [9.17, 15) is 24.0 Å². The van der Waals surface area contributed by atoms with Gasteiger partial charge >= 0.3 is 6.09 Å². The predicted octanol–water partition coefficient (Wildman–Crippen LogP) is 0.00400. The molecule has 2 atom stereocenters. The molecule has 2 aliphatic heterocycles. The summed E-state index contributed by atoms with van der Waals surface area (Å²) in [4.78, 5) is 64.8. The summed E-state index contributed by atoms with van der Waals surface area (Å²) in [5.41, 5.74) is 0. The van der Waals surface area contributed by atoms with Gasteiger partial charge in [0.15, 0.2) is 0 Å². The topological polar surface area (TPSA) is 134 Å². The summed E-state index contributed by atoms with van der Waals surface area (Å²) in [6.07, 6.45) is 4.07. The molecule has 3 rings (SSSR count). The molecule has 3 aliphatic rings. The van der Waals surface area contributed by atoms with Crippen LogP contribution in [0.1, 0.15) is 51.4 Å². The van der Waals surface area contributed by atoms with Gasteiger partial charge in [-0.3, -0.25) is 24.0 Å². The quantitative estimate of drug-likeness (QED) is 0.632. The Morgan fingerprint density at radius 1 is 0.857 bits per heavy atom. The van der Waals surface area contributed by atoms with Gasteiger partial charge in [-0.1, -0.05) is 12.8 Å². The van der Waals surface area contributed by atoms with E-state index in [-0.39, 0.29) is 49.6 Å². The van der Waals surface area contributed by atoms with E-state index in [2.05, 4.69) is 15.5 Å². The van der Waals surface area contributed by atoms with E-state index >= 15 is 0 Å². The first-order valence-corrected chi connectivity index (χ1v) is 9.28. The van der Waals surface area contributed by atoms with Gasteiger partial charge in [0, 0.05) is 37.8 Å². The van der Waals surface area contributed by atoms with E-state index in [4.69, 9.17) is 4.84 Å². The molecule has 28 heavy (non-hydrogen) atoms. The summed E-state index contributed by atoms with van der Waals surface area (Å²) < 4.78 is 0. The Kier molecular flexibility index (Phi) is 7.88. The van der Waals surface area contributed by atoms with Gasteiger partial charge in [-0.05, 0) is 19.9 Å². The van der Waals surface area contributed by atoms with Crippen LogP contribution in [0.5, 0.6) is 0 Å². The molecule has 2 heterocycles. The van der Waals surface area contributed by atoms with Crippen LogP contribution in [-0.4, -0.2) is 66.1 Å². The normalized spacial score (nSPS) is 24.9. The molecular weight excluding hydrogens is 372 g/mol.